The molecule has 3 heteroatoms. The van der Waals surface area contributed by atoms with Crippen LogP contribution in [0.15, 0.2) is 0 Å². The highest BCUT2D eigenvalue weighted by Crippen LogP contribution is 2.44. The van der Waals surface area contributed by atoms with Gasteiger partial charge in [0.25, 0.3) is 5.92 Å². The lowest BCUT2D eigenvalue weighted by atomic mass is 10.00. The number of alkyl halides is 2. The van der Waals surface area contributed by atoms with E-state index in [1.165, 1.54) is 11.8 Å². The number of hydrogen-bond donors (Lipinski definition) is 0. The van der Waals surface area contributed by atoms with Crippen molar-refractivity contribution in [3.8, 4) is 0 Å². The fraction of sp³-hybridized carbons (Fsp3) is 1.00. The maximum Gasteiger partial charge on any atom is 0.260 e. The zero-order valence-electron chi connectivity index (χ0n) is 6.23. The van der Waals surface area contributed by atoms with Crippen molar-refractivity contribution in [2.45, 2.75) is 31.4 Å². The molecule has 0 aromatic carbocycles. The van der Waals surface area contributed by atoms with E-state index in [-0.39, 0.29) is 11.0 Å². The standard InChI is InChI=1S/C7H12F2S/c1-3-6-5(2)7(8,9)4-10-6/h5-6H,3-4H2,1-2H3/t5-,6-/m1/s1. The van der Waals surface area contributed by atoms with Gasteiger partial charge in [0.05, 0.1) is 5.75 Å². The lowest BCUT2D eigenvalue weighted by Gasteiger charge is -2.16. The minimum atomic E-state index is -2.41. The second kappa shape index (κ2) is 2.68. The van der Waals surface area contributed by atoms with Gasteiger partial charge in [0.2, 0.25) is 0 Å². The molecule has 60 valence electrons. The number of rotatable bonds is 1. The van der Waals surface area contributed by atoms with E-state index in [0.29, 0.717) is 0 Å². The second-order valence-corrected chi connectivity index (χ2v) is 4.03. The van der Waals surface area contributed by atoms with Crippen molar-refractivity contribution < 1.29 is 8.78 Å². The van der Waals surface area contributed by atoms with Crippen LogP contribution < -0.4 is 0 Å². The van der Waals surface area contributed by atoms with Gasteiger partial charge >= 0.3 is 0 Å². The highest BCUT2D eigenvalue weighted by molar-refractivity contribution is 8.00. The summed E-state index contributed by atoms with van der Waals surface area (Å²) in [6.07, 6.45) is 0.863. The van der Waals surface area contributed by atoms with Crippen molar-refractivity contribution in [1.29, 1.82) is 0 Å². The van der Waals surface area contributed by atoms with Crippen LogP contribution in [0.25, 0.3) is 0 Å². The number of halogens is 2. The van der Waals surface area contributed by atoms with Gasteiger partial charge in [-0.15, -0.1) is 0 Å². The Balaban J connectivity index is 2.58. The molecule has 0 saturated carbocycles. The van der Waals surface area contributed by atoms with Gasteiger partial charge in [-0.25, -0.2) is 8.78 Å². The molecular formula is C7H12F2S. The molecule has 0 aliphatic carbocycles. The van der Waals surface area contributed by atoms with Crippen LogP contribution in [-0.2, 0) is 0 Å². The first-order chi connectivity index (χ1) is 4.58. The van der Waals surface area contributed by atoms with E-state index in [2.05, 4.69) is 0 Å². The molecule has 0 aromatic rings. The first-order valence-electron chi connectivity index (χ1n) is 3.57. The van der Waals surface area contributed by atoms with Gasteiger partial charge < -0.3 is 0 Å². The van der Waals surface area contributed by atoms with Crippen LogP contribution in [-0.4, -0.2) is 16.9 Å². The van der Waals surface area contributed by atoms with Crippen molar-refractivity contribution in [3.63, 3.8) is 0 Å². The van der Waals surface area contributed by atoms with E-state index >= 15 is 0 Å². The van der Waals surface area contributed by atoms with Gasteiger partial charge in [0.1, 0.15) is 0 Å². The smallest absolute Gasteiger partial charge is 0.206 e. The highest BCUT2D eigenvalue weighted by Gasteiger charge is 2.46. The van der Waals surface area contributed by atoms with Gasteiger partial charge in [-0.05, 0) is 6.42 Å². The molecule has 0 bridgehead atoms. The molecule has 0 amide bonds. The lowest BCUT2D eigenvalue weighted by Crippen LogP contribution is -2.26. The highest BCUT2D eigenvalue weighted by atomic mass is 32.2. The molecule has 2 atom stereocenters. The van der Waals surface area contributed by atoms with Gasteiger partial charge in [-0.3, -0.25) is 0 Å². The quantitative estimate of drug-likeness (QED) is 0.577. The van der Waals surface area contributed by atoms with Crippen LogP contribution in [0.4, 0.5) is 8.78 Å². The molecule has 1 fully saturated rings. The summed E-state index contributed by atoms with van der Waals surface area (Å²) in [5.74, 6) is -2.82. The van der Waals surface area contributed by atoms with E-state index < -0.39 is 11.8 Å². The molecule has 0 aromatic heterocycles. The van der Waals surface area contributed by atoms with Gasteiger partial charge in [0, 0.05) is 11.2 Å². The van der Waals surface area contributed by atoms with Crippen LogP contribution in [0.3, 0.4) is 0 Å². The lowest BCUT2D eigenvalue weighted by molar-refractivity contribution is -0.0191. The molecular weight excluding hydrogens is 154 g/mol. The number of thioether (sulfide) groups is 1. The SMILES string of the molecule is CC[C@H]1SCC(F)(F)[C@@H]1C. The molecule has 0 N–H and O–H groups in total. The molecule has 0 radical (unpaired) electrons. The third-order valence-corrected chi connectivity index (χ3v) is 3.84. The number of hydrogen-bond acceptors (Lipinski definition) is 1. The Morgan fingerprint density at radius 3 is 2.40 bits per heavy atom. The molecule has 0 nitrogen and oxygen atoms in total. The third-order valence-electron chi connectivity index (χ3n) is 2.12. The van der Waals surface area contributed by atoms with Crippen LogP contribution in [0.5, 0.6) is 0 Å². The average Bonchev–Trinajstić information content (AvgIpc) is 2.10. The topological polar surface area (TPSA) is 0 Å². The van der Waals surface area contributed by atoms with E-state index in [4.69, 9.17) is 0 Å². The van der Waals surface area contributed by atoms with E-state index in [9.17, 15) is 8.78 Å². The van der Waals surface area contributed by atoms with E-state index in [1.807, 2.05) is 6.92 Å². The molecule has 1 aliphatic heterocycles. The molecule has 10 heavy (non-hydrogen) atoms. The van der Waals surface area contributed by atoms with Gasteiger partial charge in [-0.1, -0.05) is 13.8 Å². The molecule has 1 rings (SSSR count). The van der Waals surface area contributed by atoms with Crippen molar-refractivity contribution in [2.75, 3.05) is 5.75 Å². The normalized spacial score (nSPS) is 38.4. The molecule has 1 heterocycles. The summed E-state index contributed by atoms with van der Waals surface area (Å²) in [5, 5.41) is 0.176. The van der Waals surface area contributed by atoms with E-state index in [0.717, 1.165) is 6.42 Å². The summed E-state index contributed by atoms with van der Waals surface area (Å²) in [6.45, 7) is 3.61. The van der Waals surface area contributed by atoms with E-state index in [1.54, 1.807) is 6.92 Å². The Labute approximate surface area is 64.4 Å². The Hall–Kier alpha value is 0.210. The minimum Gasteiger partial charge on any atom is -0.206 e. The third kappa shape index (κ3) is 1.29. The summed E-state index contributed by atoms with van der Waals surface area (Å²) in [7, 11) is 0. The maximum atomic E-state index is 12.8. The summed E-state index contributed by atoms with van der Waals surface area (Å²) in [6, 6.07) is 0. The monoisotopic (exact) mass is 166 g/mol. The van der Waals surface area contributed by atoms with Crippen molar-refractivity contribution in [2.24, 2.45) is 5.92 Å². The Morgan fingerprint density at radius 1 is 1.60 bits per heavy atom. The molecule has 1 saturated heterocycles. The molecule has 0 unspecified atom stereocenters. The largest absolute Gasteiger partial charge is 0.260 e. The first-order valence-corrected chi connectivity index (χ1v) is 4.62. The van der Waals surface area contributed by atoms with Crippen molar-refractivity contribution in [3.05, 3.63) is 0 Å². The molecule has 1 aliphatic rings. The van der Waals surface area contributed by atoms with Crippen LogP contribution >= 0.6 is 11.8 Å². The second-order valence-electron chi connectivity index (χ2n) is 2.81. The van der Waals surface area contributed by atoms with Gasteiger partial charge in [0.15, 0.2) is 0 Å². The fourth-order valence-corrected chi connectivity index (χ4v) is 2.66. The Morgan fingerprint density at radius 2 is 2.20 bits per heavy atom. The first kappa shape index (κ1) is 8.31. The predicted octanol–water partition coefficient (Wildman–Crippen LogP) is 2.78. The fourth-order valence-electron chi connectivity index (χ4n) is 1.24. The summed E-state index contributed by atoms with van der Waals surface area (Å²) in [4.78, 5) is 0. The maximum absolute atomic E-state index is 12.8. The summed E-state index contributed by atoms with van der Waals surface area (Å²) < 4.78 is 25.5. The molecule has 0 spiro atoms. The van der Waals surface area contributed by atoms with Crippen molar-refractivity contribution in [1.82, 2.24) is 0 Å². The average molecular weight is 166 g/mol. The zero-order chi connectivity index (χ0) is 7.78. The summed E-state index contributed by atoms with van der Waals surface area (Å²) in [5.41, 5.74) is 0. The van der Waals surface area contributed by atoms with Gasteiger partial charge in [-0.2, -0.15) is 11.8 Å². The Kier molecular flexibility index (Phi) is 2.23. The Bertz CT molecular complexity index is 125. The van der Waals surface area contributed by atoms with Crippen LogP contribution in [0.2, 0.25) is 0 Å². The summed E-state index contributed by atoms with van der Waals surface area (Å²) >= 11 is 1.41. The van der Waals surface area contributed by atoms with Crippen molar-refractivity contribution >= 4 is 11.8 Å². The van der Waals surface area contributed by atoms with Crippen LogP contribution in [0, 0.1) is 5.92 Å². The minimum absolute atomic E-state index is 0.0205. The predicted molar refractivity (Wildman–Crippen MR) is 40.6 cm³/mol. The zero-order valence-corrected chi connectivity index (χ0v) is 7.05. The van der Waals surface area contributed by atoms with Crippen LogP contribution in [0.1, 0.15) is 20.3 Å².